The minimum absolute atomic E-state index is 0.151. The van der Waals surface area contributed by atoms with E-state index >= 15 is 0 Å². The number of amides is 1. The maximum Gasteiger partial charge on any atom is 0.293 e. The standard InChI is InChI=1S/C25H26N4O4S/c1-3-4-5-8-13-34-25-26-23(31)22-18-9-6-7-10-19(18)28(16(2)30)24(29(22)27-25)17-11-12-20-21(14-17)33-15-32-20/h6-7,9-12,14,24H,3-5,8,13,15H2,1-2H3. The van der Waals surface area contributed by atoms with Crippen molar-refractivity contribution in [2.75, 3.05) is 17.4 Å². The minimum Gasteiger partial charge on any atom is -0.854 e. The quantitative estimate of drug-likeness (QED) is 0.290. The number of thioether (sulfide) groups is 1. The van der Waals surface area contributed by atoms with Gasteiger partial charge in [-0.2, -0.15) is 0 Å². The van der Waals surface area contributed by atoms with Crippen LogP contribution in [-0.2, 0) is 4.79 Å². The molecule has 0 aliphatic carbocycles. The van der Waals surface area contributed by atoms with Gasteiger partial charge in [0.05, 0.1) is 17.1 Å². The Balaban J connectivity index is 1.63. The number of ether oxygens (including phenoxy) is 2. The van der Waals surface area contributed by atoms with Gasteiger partial charge in [-0.1, -0.05) is 54.8 Å². The first-order valence-electron chi connectivity index (χ1n) is 11.5. The first kappa shape index (κ1) is 22.5. The van der Waals surface area contributed by atoms with Crippen LogP contribution in [0.4, 0.5) is 5.69 Å². The van der Waals surface area contributed by atoms with Crippen LogP contribution in [-0.4, -0.2) is 28.5 Å². The average molecular weight is 479 g/mol. The molecule has 8 nitrogen and oxygen atoms in total. The second-order valence-electron chi connectivity index (χ2n) is 8.29. The van der Waals surface area contributed by atoms with Crippen LogP contribution in [0.15, 0.2) is 47.6 Å². The van der Waals surface area contributed by atoms with Gasteiger partial charge < -0.3 is 14.6 Å². The molecule has 2 aliphatic heterocycles. The largest absolute Gasteiger partial charge is 0.854 e. The monoisotopic (exact) mass is 478 g/mol. The third kappa shape index (κ3) is 4.04. The number of carbonyl (C=O) groups is 1. The van der Waals surface area contributed by atoms with Crippen LogP contribution in [0.25, 0.3) is 11.3 Å². The zero-order valence-electron chi connectivity index (χ0n) is 19.2. The highest BCUT2D eigenvalue weighted by Gasteiger charge is 2.44. The van der Waals surface area contributed by atoms with Crippen LogP contribution in [0.5, 0.6) is 17.4 Å². The van der Waals surface area contributed by atoms with Crippen molar-refractivity contribution in [2.24, 2.45) is 0 Å². The second kappa shape index (κ2) is 9.50. The van der Waals surface area contributed by atoms with E-state index in [0.717, 1.165) is 30.6 Å². The lowest BCUT2D eigenvalue weighted by Gasteiger charge is -2.32. The molecule has 34 heavy (non-hydrogen) atoms. The van der Waals surface area contributed by atoms with Crippen molar-refractivity contribution in [1.29, 1.82) is 0 Å². The number of rotatable bonds is 7. The number of carbonyl (C=O) groups excluding carboxylic acids is 1. The lowest BCUT2D eigenvalue weighted by atomic mass is 10.0. The summed E-state index contributed by atoms with van der Waals surface area (Å²) in [5, 5.41) is 18.5. The first-order valence-corrected chi connectivity index (χ1v) is 12.5. The molecule has 1 unspecified atom stereocenters. The van der Waals surface area contributed by atoms with E-state index in [1.165, 1.54) is 25.1 Å². The summed E-state index contributed by atoms with van der Waals surface area (Å²) in [5.74, 6) is 1.57. The number of hydrogen-bond acceptors (Lipinski definition) is 7. The van der Waals surface area contributed by atoms with Crippen molar-refractivity contribution in [3.8, 4) is 28.6 Å². The predicted molar refractivity (Wildman–Crippen MR) is 126 cm³/mol. The van der Waals surface area contributed by atoms with Crippen molar-refractivity contribution >= 4 is 23.4 Å². The summed E-state index contributed by atoms with van der Waals surface area (Å²) in [4.78, 5) is 18.9. The van der Waals surface area contributed by atoms with Gasteiger partial charge in [-0.3, -0.25) is 4.79 Å². The van der Waals surface area contributed by atoms with E-state index in [2.05, 4.69) is 11.9 Å². The molecule has 0 N–H and O–H groups in total. The molecule has 1 amide bonds. The molecule has 9 heteroatoms. The van der Waals surface area contributed by atoms with E-state index in [1.54, 1.807) is 9.58 Å². The Morgan fingerprint density at radius 1 is 1.18 bits per heavy atom. The Hall–Kier alpha value is -3.33. The number of anilines is 1. The number of benzene rings is 2. The van der Waals surface area contributed by atoms with Gasteiger partial charge in [0, 0.05) is 23.3 Å². The fraction of sp³-hybridized carbons (Fsp3) is 0.360. The summed E-state index contributed by atoms with van der Waals surface area (Å²) < 4.78 is 12.7. The van der Waals surface area contributed by atoms with Gasteiger partial charge in [0.15, 0.2) is 11.5 Å². The van der Waals surface area contributed by atoms with Gasteiger partial charge in [-0.05, 0) is 36.8 Å². The van der Waals surface area contributed by atoms with Crippen LogP contribution in [0.3, 0.4) is 0 Å². The topological polar surface area (TPSA) is 91.5 Å². The zero-order valence-corrected chi connectivity index (χ0v) is 20.0. The molecular weight excluding hydrogens is 452 g/mol. The maximum atomic E-state index is 13.3. The van der Waals surface area contributed by atoms with Crippen LogP contribution in [0.2, 0.25) is 0 Å². The summed E-state index contributed by atoms with van der Waals surface area (Å²) in [6.45, 7) is 3.85. The predicted octanol–water partition coefficient (Wildman–Crippen LogP) is 3.82. The van der Waals surface area contributed by atoms with E-state index in [-0.39, 0.29) is 18.6 Å². The highest BCUT2D eigenvalue weighted by Crippen LogP contribution is 2.42. The summed E-state index contributed by atoms with van der Waals surface area (Å²) >= 11 is 1.47. The van der Waals surface area contributed by atoms with Gasteiger partial charge in [-0.25, -0.2) is 9.88 Å². The molecule has 0 saturated carbocycles. The fourth-order valence-corrected chi connectivity index (χ4v) is 5.23. The van der Waals surface area contributed by atoms with Crippen molar-refractivity contribution in [3.05, 3.63) is 48.0 Å². The average Bonchev–Trinajstić information content (AvgIpc) is 3.30. The smallest absolute Gasteiger partial charge is 0.293 e. The molecular formula is C25H26N4O4S. The summed E-state index contributed by atoms with van der Waals surface area (Å²) in [5.41, 5.74) is 2.42. The Kier molecular flexibility index (Phi) is 6.28. The van der Waals surface area contributed by atoms with Crippen molar-refractivity contribution in [1.82, 2.24) is 10.1 Å². The lowest BCUT2D eigenvalue weighted by Crippen LogP contribution is -2.58. The highest BCUT2D eigenvalue weighted by atomic mass is 32.2. The van der Waals surface area contributed by atoms with E-state index < -0.39 is 6.17 Å². The van der Waals surface area contributed by atoms with Gasteiger partial charge in [0.1, 0.15) is 0 Å². The second-order valence-corrected chi connectivity index (χ2v) is 9.36. The number of para-hydroxylation sites is 1. The van der Waals surface area contributed by atoms with Crippen LogP contribution in [0, 0.1) is 0 Å². The van der Waals surface area contributed by atoms with E-state index in [9.17, 15) is 9.90 Å². The van der Waals surface area contributed by atoms with Crippen molar-refractivity contribution in [3.63, 3.8) is 0 Å². The van der Waals surface area contributed by atoms with E-state index in [4.69, 9.17) is 14.6 Å². The normalized spacial score (nSPS) is 15.7. The molecule has 176 valence electrons. The van der Waals surface area contributed by atoms with Crippen LogP contribution >= 0.6 is 11.8 Å². The van der Waals surface area contributed by atoms with E-state index in [0.29, 0.717) is 33.6 Å². The van der Waals surface area contributed by atoms with Gasteiger partial charge in [-0.15, -0.1) is 0 Å². The molecule has 1 atom stereocenters. The molecule has 5 rings (SSSR count). The molecule has 0 radical (unpaired) electrons. The van der Waals surface area contributed by atoms with Crippen LogP contribution in [0.1, 0.15) is 51.3 Å². The van der Waals surface area contributed by atoms with Gasteiger partial charge in [0.25, 0.3) is 17.0 Å². The number of unbranched alkanes of at least 4 members (excludes halogenated alkanes) is 3. The molecule has 0 fully saturated rings. The molecule has 2 aliphatic rings. The Morgan fingerprint density at radius 2 is 2.00 bits per heavy atom. The molecule has 0 saturated heterocycles. The third-order valence-electron chi connectivity index (χ3n) is 5.98. The Morgan fingerprint density at radius 3 is 2.82 bits per heavy atom. The minimum atomic E-state index is -0.660. The Labute approximate surface area is 202 Å². The Bertz CT molecular complexity index is 1240. The zero-order chi connectivity index (χ0) is 23.7. The number of fused-ring (bicyclic) bond motifs is 4. The molecule has 1 aromatic heterocycles. The summed E-state index contributed by atoms with van der Waals surface area (Å²) in [6, 6.07) is 12.9. The summed E-state index contributed by atoms with van der Waals surface area (Å²) in [7, 11) is 0. The molecule has 3 aromatic rings. The SMILES string of the molecule is CCCCCCSc1nc([O-])c2[n+](n1)C(c1ccc3c(c1)OCO3)N(C(C)=O)c1ccccc1-2. The van der Waals surface area contributed by atoms with E-state index in [1.807, 2.05) is 42.5 Å². The molecule has 0 spiro atoms. The first-order chi connectivity index (χ1) is 16.6. The molecule has 0 bridgehead atoms. The van der Waals surface area contributed by atoms with Gasteiger partial charge in [0.2, 0.25) is 12.7 Å². The fourth-order valence-electron chi connectivity index (χ4n) is 4.40. The molecule has 2 aromatic carbocycles. The van der Waals surface area contributed by atoms with Crippen LogP contribution < -0.4 is 24.2 Å². The number of hydrogen-bond donors (Lipinski definition) is 0. The van der Waals surface area contributed by atoms with Crippen molar-refractivity contribution < 1.29 is 24.1 Å². The lowest BCUT2D eigenvalue weighted by molar-refractivity contribution is -0.764. The van der Waals surface area contributed by atoms with Gasteiger partial charge >= 0.3 is 0 Å². The maximum absolute atomic E-state index is 13.3. The number of nitrogens with zero attached hydrogens (tertiary/aromatic N) is 4. The van der Waals surface area contributed by atoms with Crippen molar-refractivity contribution in [2.45, 2.75) is 50.9 Å². The third-order valence-corrected chi connectivity index (χ3v) is 6.90. The molecule has 3 heterocycles. The summed E-state index contributed by atoms with van der Waals surface area (Å²) in [6.07, 6.45) is 3.86. The highest BCUT2D eigenvalue weighted by molar-refractivity contribution is 7.99. The number of aromatic nitrogens is 3.